The van der Waals surface area contributed by atoms with E-state index in [1.807, 2.05) is 30.5 Å². The number of likely N-dealkylation sites (tertiary alicyclic amines) is 1. The number of thioether (sulfide) groups is 1. The number of rotatable bonds is 8. The topological polar surface area (TPSA) is 95.9 Å². The minimum absolute atomic E-state index is 0.00774. The molecule has 2 aromatic rings. The van der Waals surface area contributed by atoms with Crippen molar-refractivity contribution in [1.29, 1.82) is 0 Å². The van der Waals surface area contributed by atoms with E-state index in [0.29, 0.717) is 25.1 Å². The van der Waals surface area contributed by atoms with Crippen molar-refractivity contribution in [1.82, 2.24) is 10.2 Å². The number of carboxylic acid groups (broad SMARTS) is 1. The fraction of sp³-hybridized carbons (Fsp3) is 0.444. The molecule has 35 heavy (non-hydrogen) atoms. The van der Waals surface area contributed by atoms with Gasteiger partial charge < -0.3 is 20.1 Å². The zero-order valence-corrected chi connectivity index (χ0v) is 20.6. The fourth-order valence-electron chi connectivity index (χ4n) is 5.83. The van der Waals surface area contributed by atoms with Gasteiger partial charge in [-0.15, -0.1) is 0 Å². The van der Waals surface area contributed by atoms with Crippen LogP contribution in [0.2, 0.25) is 0 Å². The van der Waals surface area contributed by atoms with Gasteiger partial charge in [0.15, 0.2) is 0 Å². The molecule has 0 spiro atoms. The molecule has 2 amide bonds. The van der Waals surface area contributed by atoms with E-state index in [1.54, 1.807) is 11.8 Å². The summed E-state index contributed by atoms with van der Waals surface area (Å²) in [6, 6.07) is 15.4. The number of nitrogens with one attached hydrogen (secondary N) is 1. The van der Waals surface area contributed by atoms with E-state index in [-0.39, 0.29) is 24.3 Å². The van der Waals surface area contributed by atoms with Crippen molar-refractivity contribution in [2.45, 2.75) is 43.2 Å². The highest BCUT2D eigenvalue weighted by Crippen LogP contribution is 2.54. The summed E-state index contributed by atoms with van der Waals surface area (Å²) in [6.07, 6.45) is 3.80. The third-order valence-electron chi connectivity index (χ3n) is 7.67. The smallest absolute Gasteiger partial charge is 0.407 e. The van der Waals surface area contributed by atoms with Crippen molar-refractivity contribution in [3.8, 4) is 11.1 Å². The van der Waals surface area contributed by atoms with Crippen LogP contribution in [0, 0.1) is 5.92 Å². The van der Waals surface area contributed by atoms with Crippen molar-refractivity contribution in [3.05, 3.63) is 59.7 Å². The van der Waals surface area contributed by atoms with E-state index < -0.39 is 23.6 Å². The summed E-state index contributed by atoms with van der Waals surface area (Å²) in [6.45, 7) is 0.567. The molecule has 1 heterocycles. The fourth-order valence-corrected chi connectivity index (χ4v) is 6.30. The first-order chi connectivity index (χ1) is 17.0. The van der Waals surface area contributed by atoms with E-state index >= 15 is 0 Å². The molecule has 2 aromatic carbocycles. The molecule has 2 fully saturated rings. The first kappa shape index (κ1) is 23.7. The summed E-state index contributed by atoms with van der Waals surface area (Å²) >= 11 is 1.58. The Bertz CT molecular complexity index is 1110. The molecule has 0 unspecified atom stereocenters. The number of ether oxygens (including phenoxy) is 1. The van der Waals surface area contributed by atoms with Gasteiger partial charge in [-0.1, -0.05) is 48.5 Å². The number of hydrogen-bond donors (Lipinski definition) is 2. The lowest BCUT2D eigenvalue weighted by Gasteiger charge is -2.36. The number of benzene rings is 2. The highest BCUT2D eigenvalue weighted by atomic mass is 32.2. The molecule has 8 heteroatoms. The molecule has 5 rings (SSSR count). The number of hydrogen-bond acceptors (Lipinski definition) is 5. The van der Waals surface area contributed by atoms with Gasteiger partial charge in [0, 0.05) is 12.5 Å². The minimum atomic E-state index is -1.10. The minimum Gasteiger partial charge on any atom is -0.479 e. The van der Waals surface area contributed by atoms with E-state index in [0.717, 1.165) is 35.1 Å². The van der Waals surface area contributed by atoms with Crippen LogP contribution in [0.15, 0.2) is 48.5 Å². The van der Waals surface area contributed by atoms with E-state index in [9.17, 15) is 19.5 Å². The summed E-state index contributed by atoms with van der Waals surface area (Å²) in [5, 5.41) is 12.6. The monoisotopic (exact) mass is 494 g/mol. The third-order valence-corrected chi connectivity index (χ3v) is 8.31. The lowest BCUT2D eigenvalue weighted by Crippen LogP contribution is -2.57. The molecule has 1 aliphatic heterocycles. The molecule has 1 saturated heterocycles. The molecular formula is C27H30N2O5S. The predicted octanol–water partition coefficient (Wildman–Crippen LogP) is 4.11. The van der Waals surface area contributed by atoms with E-state index in [1.165, 1.54) is 4.90 Å². The van der Waals surface area contributed by atoms with Crippen LogP contribution < -0.4 is 5.32 Å². The average molecular weight is 495 g/mol. The number of carbonyl (C=O) groups excluding carboxylic acids is 2. The van der Waals surface area contributed by atoms with Crippen LogP contribution in [0.1, 0.15) is 42.7 Å². The molecule has 3 aliphatic rings. The molecule has 184 valence electrons. The standard InChI is InChI=1S/C27H30N2O5S/c1-35-14-12-23(24(30)29-13-6-7-17-15-27(17,29)25(31)32)28-26(33)34-16-22-20-10-4-2-8-18(20)19-9-3-5-11-21(19)22/h2-5,8-11,17,22-23H,6-7,12-16H2,1H3,(H,28,33)(H,31,32)/t17-,23-,27+/m1/s1. The van der Waals surface area contributed by atoms with E-state index in [4.69, 9.17) is 4.74 Å². The molecule has 2 N–H and O–H groups in total. The van der Waals surface area contributed by atoms with Crippen LogP contribution in [-0.4, -0.2) is 64.7 Å². The van der Waals surface area contributed by atoms with Gasteiger partial charge >= 0.3 is 12.1 Å². The molecule has 2 aliphatic carbocycles. The van der Waals surface area contributed by atoms with Crippen molar-refractivity contribution in [2.24, 2.45) is 5.92 Å². The van der Waals surface area contributed by atoms with Gasteiger partial charge in [-0.2, -0.15) is 11.8 Å². The van der Waals surface area contributed by atoms with Crippen molar-refractivity contribution >= 4 is 29.7 Å². The molecule has 0 bridgehead atoms. The lowest BCUT2D eigenvalue weighted by molar-refractivity contribution is -0.155. The van der Waals surface area contributed by atoms with Crippen LogP contribution in [0.4, 0.5) is 4.79 Å². The first-order valence-electron chi connectivity index (χ1n) is 12.1. The average Bonchev–Trinajstić information content (AvgIpc) is 3.56. The maximum atomic E-state index is 13.5. The Labute approximate surface area is 209 Å². The highest BCUT2D eigenvalue weighted by molar-refractivity contribution is 7.98. The normalized spacial score (nSPS) is 23.0. The van der Waals surface area contributed by atoms with Crippen molar-refractivity contribution < 1.29 is 24.2 Å². The molecule has 1 saturated carbocycles. The maximum absolute atomic E-state index is 13.5. The zero-order chi connectivity index (χ0) is 24.6. The van der Waals surface area contributed by atoms with Gasteiger partial charge in [0.1, 0.15) is 18.2 Å². The summed E-state index contributed by atoms with van der Waals surface area (Å²) in [5.74, 6) is -0.666. The molecular weight excluding hydrogens is 464 g/mol. The van der Waals surface area contributed by atoms with Crippen LogP contribution in [0.3, 0.4) is 0 Å². The van der Waals surface area contributed by atoms with Crippen LogP contribution in [-0.2, 0) is 14.3 Å². The third kappa shape index (κ3) is 4.18. The molecule has 7 nitrogen and oxygen atoms in total. The van der Waals surface area contributed by atoms with Crippen molar-refractivity contribution in [2.75, 3.05) is 25.2 Å². The Morgan fingerprint density at radius 3 is 2.43 bits per heavy atom. The number of nitrogens with zero attached hydrogens (tertiary/aromatic N) is 1. The second kappa shape index (κ2) is 9.57. The number of fused-ring (bicyclic) bond motifs is 4. The molecule has 0 aromatic heterocycles. The van der Waals surface area contributed by atoms with Crippen molar-refractivity contribution in [3.63, 3.8) is 0 Å². The van der Waals surface area contributed by atoms with Gasteiger partial charge in [-0.3, -0.25) is 4.79 Å². The number of piperidine rings is 1. The zero-order valence-electron chi connectivity index (χ0n) is 19.7. The highest BCUT2D eigenvalue weighted by Gasteiger charge is 2.67. The van der Waals surface area contributed by atoms with Crippen LogP contribution in [0.5, 0.6) is 0 Å². The number of amides is 2. The van der Waals surface area contributed by atoms with Gasteiger partial charge in [-0.25, -0.2) is 9.59 Å². The van der Waals surface area contributed by atoms with Crippen LogP contribution in [0.25, 0.3) is 11.1 Å². The number of carboxylic acids is 1. The lowest BCUT2D eigenvalue weighted by atomic mass is 9.98. The Hall–Kier alpha value is -3.00. The number of carbonyl (C=O) groups is 3. The number of aliphatic carboxylic acids is 1. The summed E-state index contributed by atoms with van der Waals surface area (Å²) < 4.78 is 5.65. The summed E-state index contributed by atoms with van der Waals surface area (Å²) in [7, 11) is 0. The predicted molar refractivity (Wildman–Crippen MR) is 134 cm³/mol. The Balaban J connectivity index is 1.28. The van der Waals surface area contributed by atoms with E-state index in [2.05, 4.69) is 29.6 Å². The number of alkyl carbamates (subject to hydrolysis) is 1. The Kier molecular flexibility index (Phi) is 6.49. The van der Waals surface area contributed by atoms with Crippen LogP contribution >= 0.6 is 11.8 Å². The largest absolute Gasteiger partial charge is 0.479 e. The quantitative estimate of drug-likeness (QED) is 0.573. The summed E-state index contributed by atoms with van der Waals surface area (Å²) in [5.41, 5.74) is 3.43. The summed E-state index contributed by atoms with van der Waals surface area (Å²) in [4.78, 5) is 39.9. The molecule has 3 atom stereocenters. The Morgan fingerprint density at radius 2 is 1.80 bits per heavy atom. The van der Waals surface area contributed by atoms with Gasteiger partial charge in [0.2, 0.25) is 5.91 Å². The second-order valence-electron chi connectivity index (χ2n) is 9.57. The molecule has 0 radical (unpaired) electrons. The first-order valence-corrected chi connectivity index (χ1v) is 13.5. The van der Waals surface area contributed by atoms with Gasteiger partial charge in [0.25, 0.3) is 0 Å². The van der Waals surface area contributed by atoms with Gasteiger partial charge in [0.05, 0.1) is 0 Å². The SMILES string of the molecule is CSCC[C@@H](NC(=O)OCC1c2ccccc2-c2ccccc21)C(=O)N1CCC[C@@H]2C[C@@]21C(=O)O. The van der Waals surface area contributed by atoms with Gasteiger partial charge in [-0.05, 0) is 65.9 Å². The maximum Gasteiger partial charge on any atom is 0.407 e. The Morgan fingerprint density at radius 1 is 1.14 bits per heavy atom. The second-order valence-corrected chi connectivity index (χ2v) is 10.6.